The molecule has 2 rings (SSSR count). The van der Waals surface area contributed by atoms with E-state index in [4.69, 9.17) is 5.26 Å². The summed E-state index contributed by atoms with van der Waals surface area (Å²) in [6.07, 6.45) is 3.40. The van der Waals surface area contributed by atoms with Gasteiger partial charge in [-0.25, -0.2) is 4.98 Å². The summed E-state index contributed by atoms with van der Waals surface area (Å²) < 4.78 is 0. The molecule has 2 heterocycles. The molecular formula is C13H12N4OS. The summed E-state index contributed by atoms with van der Waals surface area (Å²) in [6.45, 7) is 3.13. The molecule has 1 N–H and O–H groups in total. The van der Waals surface area contributed by atoms with Crippen LogP contribution in [0.2, 0.25) is 0 Å². The summed E-state index contributed by atoms with van der Waals surface area (Å²) in [4.78, 5) is 20.2. The summed E-state index contributed by atoms with van der Waals surface area (Å²) in [5.74, 6) is -0.359. The molecule has 6 heteroatoms. The van der Waals surface area contributed by atoms with Gasteiger partial charge in [-0.1, -0.05) is 0 Å². The number of hydrogen-bond donors (Lipinski definition) is 1. The van der Waals surface area contributed by atoms with Gasteiger partial charge in [-0.15, -0.1) is 11.3 Å². The summed E-state index contributed by atoms with van der Waals surface area (Å²) >= 11 is 1.32. The van der Waals surface area contributed by atoms with Gasteiger partial charge >= 0.3 is 0 Å². The van der Waals surface area contributed by atoms with Crippen LogP contribution in [0.25, 0.3) is 11.3 Å². The molecule has 2 aromatic heterocycles. The molecule has 0 radical (unpaired) electrons. The molecule has 96 valence electrons. The Labute approximate surface area is 114 Å². The molecule has 19 heavy (non-hydrogen) atoms. The number of carbonyl (C=O) groups excluding carboxylic acids is 1. The Bertz CT molecular complexity index is 628. The van der Waals surface area contributed by atoms with E-state index in [0.717, 1.165) is 11.3 Å². The minimum absolute atomic E-state index is 0.359. The van der Waals surface area contributed by atoms with E-state index < -0.39 is 5.41 Å². The highest BCUT2D eigenvalue weighted by Crippen LogP contribution is 2.25. The van der Waals surface area contributed by atoms with Crippen molar-refractivity contribution in [2.75, 3.05) is 5.32 Å². The summed E-state index contributed by atoms with van der Waals surface area (Å²) in [5.41, 5.74) is 0.571. The minimum Gasteiger partial charge on any atom is -0.301 e. The Morgan fingerprint density at radius 2 is 2.32 bits per heavy atom. The predicted octanol–water partition coefficient (Wildman–Crippen LogP) is 2.69. The number of nitriles is 1. The van der Waals surface area contributed by atoms with Crippen LogP contribution in [0.1, 0.15) is 13.8 Å². The lowest BCUT2D eigenvalue weighted by Gasteiger charge is -2.12. The minimum atomic E-state index is -1.07. The first kappa shape index (κ1) is 13.2. The number of amides is 1. The number of anilines is 1. The molecule has 0 atom stereocenters. The summed E-state index contributed by atoms with van der Waals surface area (Å²) in [6, 6.07) is 5.68. The maximum atomic E-state index is 11.8. The number of carbonyl (C=O) groups is 1. The maximum Gasteiger partial charge on any atom is 0.246 e. The first-order valence-corrected chi connectivity index (χ1v) is 6.49. The van der Waals surface area contributed by atoms with Gasteiger partial charge in [-0.3, -0.25) is 9.78 Å². The van der Waals surface area contributed by atoms with Crippen LogP contribution in [0.5, 0.6) is 0 Å². The SMILES string of the molecule is CC(C)(C#N)C(=O)Nc1nc(-c2cccnc2)cs1. The van der Waals surface area contributed by atoms with E-state index in [1.165, 1.54) is 11.3 Å². The van der Waals surface area contributed by atoms with Gasteiger partial charge in [0.25, 0.3) is 0 Å². The maximum absolute atomic E-state index is 11.8. The summed E-state index contributed by atoms with van der Waals surface area (Å²) in [5, 5.41) is 13.9. The van der Waals surface area contributed by atoms with Crippen molar-refractivity contribution in [3.63, 3.8) is 0 Å². The van der Waals surface area contributed by atoms with Crippen LogP contribution in [0.4, 0.5) is 5.13 Å². The number of aromatic nitrogens is 2. The highest BCUT2D eigenvalue weighted by atomic mass is 32.1. The Morgan fingerprint density at radius 3 is 2.95 bits per heavy atom. The van der Waals surface area contributed by atoms with Gasteiger partial charge in [0.05, 0.1) is 11.8 Å². The normalized spacial score (nSPS) is 10.8. The average molecular weight is 272 g/mol. The molecule has 0 aliphatic carbocycles. The van der Waals surface area contributed by atoms with Crippen molar-refractivity contribution in [1.82, 2.24) is 9.97 Å². The molecule has 0 saturated carbocycles. The molecule has 0 unspecified atom stereocenters. The molecule has 0 fully saturated rings. The zero-order chi connectivity index (χ0) is 13.9. The second kappa shape index (κ2) is 5.16. The molecule has 0 aromatic carbocycles. The molecule has 2 aromatic rings. The van der Waals surface area contributed by atoms with Crippen LogP contribution in [0, 0.1) is 16.7 Å². The van der Waals surface area contributed by atoms with Crippen molar-refractivity contribution in [2.24, 2.45) is 5.41 Å². The van der Waals surface area contributed by atoms with Crippen LogP contribution in [0.15, 0.2) is 29.9 Å². The van der Waals surface area contributed by atoms with E-state index in [0.29, 0.717) is 5.13 Å². The zero-order valence-electron chi connectivity index (χ0n) is 10.5. The fourth-order valence-electron chi connectivity index (χ4n) is 1.28. The lowest BCUT2D eigenvalue weighted by Crippen LogP contribution is -2.29. The Morgan fingerprint density at radius 1 is 1.53 bits per heavy atom. The van der Waals surface area contributed by atoms with Crippen molar-refractivity contribution in [2.45, 2.75) is 13.8 Å². The molecule has 0 aliphatic heterocycles. The van der Waals surface area contributed by atoms with Crippen molar-refractivity contribution in [1.29, 1.82) is 5.26 Å². The van der Waals surface area contributed by atoms with Gasteiger partial charge in [0.2, 0.25) is 5.91 Å². The lowest BCUT2D eigenvalue weighted by molar-refractivity contribution is -0.121. The number of nitrogens with one attached hydrogen (secondary N) is 1. The van der Waals surface area contributed by atoms with Crippen LogP contribution >= 0.6 is 11.3 Å². The van der Waals surface area contributed by atoms with Gasteiger partial charge in [0.1, 0.15) is 5.41 Å². The second-order valence-electron chi connectivity index (χ2n) is 4.47. The van der Waals surface area contributed by atoms with Gasteiger partial charge in [0, 0.05) is 23.3 Å². The van der Waals surface area contributed by atoms with E-state index >= 15 is 0 Å². The van der Waals surface area contributed by atoms with Gasteiger partial charge in [-0.2, -0.15) is 5.26 Å². The molecule has 5 nitrogen and oxygen atoms in total. The van der Waals surface area contributed by atoms with E-state index in [1.807, 2.05) is 23.6 Å². The Balaban J connectivity index is 2.15. The second-order valence-corrected chi connectivity index (χ2v) is 5.33. The third-order valence-corrected chi connectivity index (χ3v) is 3.29. The predicted molar refractivity (Wildman–Crippen MR) is 73.4 cm³/mol. The van der Waals surface area contributed by atoms with Crippen molar-refractivity contribution in [3.8, 4) is 17.3 Å². The average Bonchev–Trinajstić information content (AvgIpc) is 2.88. The molecule has 0 aliphatic rings. The number of pyridine rings is 1. The Hall–Kier alpha value is -2.26. The third kappa shape index (κ3) is 2.95. The van der Waals surface area contributed by atoms with E-state index in [1.54, 1.807) is 26.2 Å². The molecular weight excluding hydrogens is 260 g/mol. The van der Waals surface area contributed by atoms with Gasteiger partial charge in [0.15, 0.2) is 5.13 Å². The van der Waals surface area contributed by atoms with Crippen molar-refractivity contribution < 1.29 is 4.79 Å². The van der Waals surface area contributed by atoms with E-state index in [-0.39, 0.29) is 5.91 Å². The van der Waals surface area contributed by atoms with E-state index in [9.17, 15) is 4.79 Å². The lowest BCUT2D eigenvalue weighted by atomic mass is 9.95. The van der Waals surface area contributed by atoms with Crippen LogP contribution < -0.4 is 5.32 Å². The quantitative estimate of drug-likeness (QED) is 0.931. The molecule has 0 spiro atoms. The zero-order valence-corrected chi connectivity index (χ0v) is 11.4. The first-order chi connectivity index (χ1) is 9.03. The van der Waals surface area contributed by atoms with Crippen molar-refractivity contribution >= 4 is 22.4 Å². The van der Waals surface area contributed by atoms with E-state index in [2.05, 4.69) is 15.3 Å². The first-order valence-electron chi connectivity index (χ1n) is 5.61. The van der Waals surface area contributed by atoms with Crippen LogP contribution in [0.3, 0.4) is 0 Å². The fraction of sp³-hybridized carbons (Fsp3) is 0.231. The number of hydrogen-bond acceptors (Lipinski definition) is 5. The van der Waals surface area contributed by atoms with Crippen LogP contribution in [-0.4, -0.2) is 15.9 Å². The summed E-state index contributed by atoms with van der Waals surface area (Å²) in [7, 11) is 0. The number of nitrogens with zero attached hydrogens (tertiary/aromatic N) is 3. The van der Waals surface area contributed by atoms with Crippen LogP contribution in [-0.2, 0) is 4.79 Å². The smallest absolute Gasteiger partial charge is 0.246 e. The fourth-order valence-corrected chi connectivity index (χ4v) is 2.00. The largest absolute Gasteiger partial charge is 0.301 e. The highest BCUT2D eigenvalue weighted by molar-refractivity contribution is 7.14. The molecule has 1 amide bonds. The third-order valence-electron chi connectivity index (χ3n) is 2.53. The highest BCUT2D eigenvalue weighted by Gasteiger charge is 2.27. The van der Waals surface area contributed by atoms with Crippen molar-refractivity contribution in [3.05, 3.63) is 29.9 Å². The number of rotatable bonds is 3. The topological polar surface area (TPSA) is 78.7 Å². The molecule has 0 saturated heterocycles. The monoisotopic (exact) mass is 272 g/mol. The molecule has 0 bridgehead atoms. The Kier molecular flexibility index (Phi) is 3.58. The standard InChI is InChI=1S/C13H12N4OS/c1-13(2,8-14)11(18)17-12-16-10(7-19-12)9-4-3-5-15-6-9/h3-7H,1-2H3,(H,16,17,18). The van der Waals surface area contributed by atoms with Gasteiger partial charge in [-0.05, 0) is 26.0 Å². The van der Waals surface area contributed by atoms with Gasteiger partial charge < -0.3 is 5.32 Å². The number of thiazole rings is 1.